The lowest BCUT2D eigenvalue weighted by Gasteiger charge is -2.27. The maximum Gasteiger partial charge on any atom is 0.123 e. The molecule has 2 N–H and O–H groups in total. The first-order valence-electron chi connectivity index (χ1n) is 4.83. The molecule has 0 heterocycles. The molecule has 0 radical (unpaired) electrons. The highest BCUT2D eigenvalue weighted by Crippen LogP contribution is 2.30. The number of aryl methyl sites for hydroxylation is 1. The molecule has 0 saturated carbocycles. The van der Waals surface area contributed by atoms with Crippen LogP contribution in [0.3, 0.4) is 0 Å². The Kier molecular flexibility index (Phi) is 2.95. The Labute approximate surface area is 85.1 Å². The van der Waals surface area contributed by atoms with E-state index in [1.165, 1.54) is 12.1 Å². The van der Waals surface area contributed by atoms with Crippen LogP contribution in [-0.2, 0) is 0 Å². The second-order valence-corrected chi connectivity index (χ2v) is 4.91. The van der Waals surface area contributed by atoms with Crippen molar-refractivity contribution in [1.29, 1.82) is 0 Å². The van der Waals surface area contributed by atoms with Gasteiger partial charge in [0.05, 0.1) is 0 Å². The molecule has 1 rings (SSSR count). The Morgan fingerprint density at radius 3 is 2.21 bits per heavy atom. The van der Waals surface area contributed by atoms with Crippen LogP contribution in [0.15, 0.2) is 18.2 Å². The minimum Gasteiger partial charge on any atom is -0.324 e. The summed E-state index contributed by atoms with van der Waals surface area (Å²) in [5.41, 5.74) is 7.79. The molecule has 0 bridgehead atoms. The normalized spacial score (nSPS) is 14.1. The largest absolute Gasteiger partial charge is 0.324 e. The van der Waals surface area contributed by atoms with Crippen LogP contribution >= 0.6 is 0 Å². The Morgan fingerprint density at radius 1 is 1.21 bits per heavy atom. The fourth-order valence-electron chi connectivity index (χ4n) is 1.44. The second kappa shape index (κ2) is 3.70. The Balaban J connectivity index is 3.07. The van der Waals surface area contributed by atoms with Crippen molar-refractivity contribution < 1.29 is 4.39 Å². The van der Waals surface area contributed by atoms with Gasteiger partial charge in [0, 0.05) is 6.04 Å². The summed E-state index contributed by atoms with van der Waals surface area (Å²) in [5.74, 6) is -0.209. The van der Waals surface area contributed by atoms with E-state index in [9.17, 15) is 4.39 Å². The SMILES string of the molecule is Cc1cc(F)cc([C@@H](N)C(C)(C)C)c1. The average Bonchev–Trinajstić information content (AvgIpc) is 1.99. The molecular formula is C12H18FN. The summed E-state index contributed by atoms with van der Waals surface area (Å²) in [5, 5.41) is 0. The lowest BCUT2D eigenvalue weighted by atomic mass is 9.83. The predicted octanol–water partition coefficient (Wildman–Crippen LogP) is 3.18. The fourth-order valence-corrected chi connectivity index (χ4v) is 1.44. The third-order valence-electron chi connectivity index (χ3n) is 2.36. The molecule has 0 aliphatic carbocycles. The van der Waals surface area contributed by atoms with Gasteiger partial charge < -0.3 is 5.73 Å². The zero-order valence-electron chi connectivity index (χ0n) is 9.26. The van der Waals surface area contributed by atoms with Gasteiger partial charge in [0.2, 0.25) is 0 Å². The molecule has 1 aromatic carbocycles. The lowest BCUT2D eigenvalue weighted by Crippen LogP contribution is -2.26. The van der Waals surface area contributed by atoms with Crippen LogP contribution in [0.5, 0.6) is 0 Å². The van der Waals surface area contributed by atoms with Crippen molar-refractivity contribution in [3.8, 4) is 0 Å². The van der Waals surface area contributed by atoms with E-state index in [1.54, 1.807) is 0 Å². The molecule has 0 fully saturated rings. The van der Waals surface area contributed by atoms with Gasteiger partial charge >= 0.3 is 0 Å². The van der Waals surface area contributed by atoms with Gasteiger partial charge in [0.15, 0.2) is 0 Å². The highest BCUT2D eigenvalue weighted by Gasteiger charge is 2.22. The first-order valence-corrected chi connectivity index (χ1v) is 4.83. The van der Waals surface area contributed by atoms with Gasteiger partial charge in [-0.1, -0.05) is 26.8 Å². The Bertz CT molecular complexity index is 305. The molecule has 1 nitrogen and oxygen atoms in total. The smallest absolute Gasteiger partial charge is 0.123 e. The van der Waals surface area contributed by atoms with Gasteiger partial charge in [0.25, 0.3) is 0 Å². The average molecular weight is 195 g/mol. The summed E-state index contributed by atoms with van der Waals surface area (Å²) in [6.07, 6.45) is 0. The lowest BCUT2D eigenvalue weighted by molar-refractivity contribution is 0.326. The van der Waals surface area contributed by atoms with Crippen LogP contribution in [0.1, 0.15) is 37.9 Å². The molecule has 0 amide bonds. The summed E-state index contributed by atoms with van der Waals surface area (Å²) < 4.78 is 13.1. The quantitative estimate of drug-likeness (QED) is 0.731. The number of benzene rings is 1. The first kappa shape index (κ1) is 11.2. The van der Waals surface area contributed by atoms with E-state index in [4.69, 9.17) is 5.73 Å². The zero-order valence-corrected chi connectivity index (χ0v) is 9.26. The number of halogens is 1. The molecule has 78 valence electrons. The van der Waals surface area contributed by atoms with Gasteiger partial charge in [-0.3, -0.25) is 0 Å². The van der Waals surface area contributed by atoms with Crippen molar-refractivity contribution in [3.63, 3.8) is 0 Å². The van der Waals surface area contributed by atoms with E-state index in [0.717, 1.165) is 11.1 Å². The molecule has 0 aliphatic heterocycles. The Hall–Kier alpha value is -0.890. The van der Waals surface area contributed by atoms with E-state index >= 15 is 0 Å². The fraction of sp³-hybridized carbons (Fsp3) is 0.500. The highest BCUT2D eigenvalue weighted by molar-refractivity contribution is 5.27. The molecule has 1 aromatic rings. The maximum absolute atomic E-state index is 13.1. The van der Waals surface area contributed by atoms with Gasteiger partial charge in [-0.2, -0.15) is 0 Å². The van der Waals surface area contributed by atoms with Crippen molar-refractivity contribution in [1.82, 2.24) is 0 Å². The van der Waals surface area contributed by atoms with Gasteiger partial charge in [-0.15, -0.1) is 0 Å². The second-order valence-electron chi connectivity index (χ2n) is 4.91. The molecule has 2 heteroatoms. The van der Waals surface area contributed by atoms with Crippen molar-refractivity contribution in [2.24, 2.45) is 11.1 Å². The standard InChI is InChI=1S/C12H18FN/c1-8-5-9(7-10(13)6-8)11(14)12(2,3)4/h5-7,11H,14H2,1-4H3/t11-/m1/s1. The summed E-state index contributed by atoms with van der Waals surface area (Å²) in [6.45, 7) is 8.04. The third kappa shape index (κ3) is 2.55. The third-order valence-corrected chi connectivity index (χ3v) is 2.36. The topological polar surface area (TPSA) is 26.0 Å². The zero-order chi connectivity index (χ0) is 10.9. The number of nitrogens with two attached hydrogens (primary N) is 1. The number of hydrogen-bond donors (Lipinski definition) is 1. The summed E-state index contributed by atoms with van der Waals surface area (Å²) in [6, 6.07) is 4.85. The van der Waals surface area contributed by atoms with Crippen LogP contribution in [0.25, 0.3) is 0 Å². The first-order chi connectivity index (χ1) is 6.30. The van der Waals surface area contributed by atoms with E-state index in [0.29, 0.717) is 0 Å². The van der Waals surface area contributed by atoms with Gasteiger partial charge in [0.1, 0.15) is 5.82 Å². The highest BCUT2D eigenvalue weighted by atomic mass is 19.1. The number of hydrogen-bond acceptors (Lipinski definition) is 1. The van der Waals surface area contributed by atoms with Crippen LogP contribution in [0, 0.1) is 18.2 Å². The molecule has 1 atom stereocenters. The summed E-state index contributed by atoms with van der Waals surface area (Å²) >= 11 is 0. The van der Waals surface area contributed by atoms with Crippen molar-refractivity contribution in [2.75, 3.05) is 0 Å². The predicted molar refractivity (Wildman–Crippen MR) is 57.5 cm³/mol. The van der Waals surface area contributed by atoms with Crippen LogP contribution in [0.2, 0.25) is 0 Å². The number of rotatable bonds is 1. The molecular weight excluding hydrogens is 177 g/mol. The van der Waals surface area contributed by atoms with Gasteiger partial charge in [-0.05, 0) is 35.6 Å². The summed E-state index contributed by atoms with van der Waals surface area (Å²) in [4.78, 5) is 0. The van der Waals surface area contributed by atoms with Crippen molar-refractivity contribution in [2.45, 2.75) is 33.7 Å². The molecule has 0 unspecified atom stereocenters. The molecule has 0 aliphatic rings. The van der Waals surface area contributed by atoms with Crippen LogP contribution in [0.4, 0.5) is 4.39 Å². The van der Waals surface area contributed by atoms with Gasteiger partial charge in [-0.25, -0.2) is 4.39 Å². The minimum atomic E-state index is -0.209. The molecule has 14 heavy (non-hydrogen) atoms. The van der Waals surface area contributed by atoms with E-state index in [-0.39, 0.29) is 17.3 Å². The van der Waals surface area contributed by atoms with E-state index in [2.05, 4.69) is 20.8 Å². The maximum atomic E-state index is 13.1. The van der Waals surface area contributed by atoms with Crippen LogP contribution in [-0.4, -0.2) is 0 Å². The monoisotopic (exact) mass is 195 g/mol. The summed E-state index contributed by atoms with van der Waals surface area (Å²) in [7, 11) is 0. The van der Waals surface area contributed by atoms with E-state index < -0.39 is 0 Å². The van der Waals surface area contributed by atoms with Crippen LogP contribution < -0.4 is 5.73 Å². The molecule has 0 saturated heterocycles. The minimum absolute atomic E-state index is 0.0414. The van der Waals surface area contributed by atoms with Crippen molar-refractivity contribution in [3.05, 3.63) is 35.1 Å². The molecule has 0 spiro atoms. The van der Waals surface area contributed by atoms with Crippen molar-refractivity contribution >= 4 is 0 Å². The van der Waals surface area contributed by atoms with E-state index in [1.807, 2.05) is 13.0 Å². The molecule has 0 aromatic heterocycles. The Morgan fingerprint density at radius 2 is 1.79 bits per heavy atom.